The third-order valence-electron chi connectivity index (χ3n) is 4.78. The number of amides is 1. The lowest BCUT2D eigenvalue weighted by atomic mass is 9.69. The van der Waals surface area contributed by atoms with Crippen molar-refractivity contribution in [3.63, 3.8) is 0 Å². The number of benzene rings is 1. The van der Waals surface area contributed by atoms with Gasteiger partial charge in [0.25, 0.3) is 0 Å². The summed E-state index contributed by atoms with van der Waals surface area (Å²) in [6.07, 6.45) is 4.34. The van der Waals surface area contributed by atoms with Crippen LogP contribution in [-0.2, 0) is 11.3 Å². The van der Waals surface area contributed by atoms with Gasteiger partial charge in [0.1, 0.15) is 0 Å². The molecule has 0 unspecified atom stereocenters. The molecule has 1 aromatic carbocycles. The van der Waals surface area contributed by atoms with Gasteiger partial charge < -0.3 is 11.1 Å². The Morgan fingerprint density at radius 1 is 1.14 bits per heavy atom. The van der Waals surface area contributed by atoms with E-state index in [-0.39, 0.29) is 11.8 Å². The third-order valence-corrected chi connectivity index (χ3v) is 4.78. The lowest BCUT2D eigenvalue weighted by Crippen LogP contribution is -2.31. The van der Waals surface area contributed by atoms with E-state index < -0.39 is 0 Å². The summed E-state index contributed by atoms with van der Waals surface area (Å²) in [6.45, 7) is 7.44. The first-order valence-electron chi connectivity index (χ1n) is 8.00. The fourth-order valence-corrected chi connectivity index (χ4v) is 3.19. The van der Waals surface area contributed by atoms with Gasteiger partial charge in [-0.1, -0.05) is 32.9 Å². The van der Waals surface area contributed by atoms with Crippen molar-refractivity contribution in [3.8, 4) is 0 Å². The Bertz CT molecular complexity index is 465. The predicted octanol–water partition coefficient (Wildman–Crippen LogP) is 3.94. The zero-order valence-corrected chi connectivity index (χ0v) is 13.5. The molecule has 1 aliphatic rings. The first-order valence-corrected chi connectivity index (χ1v) is 8.00. The molecule has 0 bridgehead atoms. The van der Waals surface area contributed by atoms with Gasteiger partial charge in [-0.2, -0.15) is 0 Å². The molecule has 3 heteroatoms. The molecular formula is C18H28N2O. The van der Waals surface area contributed by atoms with E-state index in [4.69, 9.17) is 5.73 Å². The van der Waals surface area contributed by atoms with E-state index in [1.165, 1.54) is 0 Å². The highest BCUT2D eigenvalue weighted by Crippen LogP contribution is 2.40. The average molecular weight is 288 g/mol. The largest absolute Gasteiger partial charge is 0.326 e. The van der Waals surface area contributed by atoms with Crippen LogP contribution in [0.15, 0.2) is 24.3 Å². The first kappa shape index (κ1) is 16.0. The van der Waals surface area contributed by atoms with Gasteiger partial charge in [0.2, 0.25) is 5.91 Å². The molecule has 0 aromatic heterocycles. The normalized spacial score (nSPS) is 22.9. The fraction of sp³-hybridized carbons (Fsp3) is 0.611. The van der Waals surface area contributed by atoms with Crippen LogP contribution in [0.4, 0.5) is 5.69 Å². The molecule has 3 N–H and O–H groups in total. The van der Waals surface area contributed by atoms with Crippen LogP contribution in [0.25, 0.3) is 0 Å². The monoisotopic (exact) mass is 288 g/mol. The summed E-state index contributed by atoms with van der Waals surface area (Å²) in [5.41, 5.74) is 7.89. The molecule has 0 atom stereocenters. The highest BCUT2D eigenvalue weighted by atomic mass is 16.1. The lowest BCUT2D eigenvalue weighted by molar-refractivity contribution is -0.121. The Balaban J connectivity index is 1.87. The molecular weight excluding hydrogens is 260 g/mol. The Labute approximate surface area is 128 Å². The topological polar surface area (TPSA) is 55.1 Å². The Hall–Kier alpha value is -1.35. The zero-order valence-electron chi connectivity index (χ0n) is 13.5. The second-order valence-electron chi connectivity index (χ2n) is 7.30. The highest BCUT2D eigenvalue weighted by Gasteiger charge is 2.32. The molecule has 21 heavy (non-hydrogen) atoms. The van der Waals surface area contributed by atoms with Crippen LogP contribution in [0.2, 0.25) is 0 Å². The molecule has 0 heterocycles. The summed E-state index contributed by atoms with van der Waals surface area (Å²) in [5, 5.41) is 3.04. The maximum atomic E-state index is 12.3. The first-order chi connectivity index (χ1) is 9.90. The fourth-order valence-electron chi connectivity index (χ4n) is 3.19. The maximum absolute atomic E-state index is 12.3. The molecule has 1 saturated carbocycles. The molecule has 116 valence electrons. The number of nitrogens with two attached hydrogens (primary N) is 1. The van der Waals surface area contributed by atoms with Crippen molar-refractivity contribution in [2.75, 3.05) is 5.32 Å². The number of anilines is 1. The number of carbonyl (C=O) groups is 1. The summed E-state index contributed by atoms with van der Waals surface area (Å²) >= 11 is 0. The molecule has 0 saturated heterocycles. The lowest BCUT2D eigenvalue weighted by Gasteiger charge is -2.36. The number of hydrogen-bond acceptors (Lipinski definition) is 2. The van der Waals surface area contributed by atoms with Gasteiger partial charge in [-0.25, -0.2) is 0 Å². The number of nitrogens with one attached hydrogen (secondary N) is 1. The van der Waals surface area contributed by atoms with E-state index in [9.17, 15) is 4.79 Å². The molecule has 1 aromatic rings. The average Bonchev–Trinajstić information content (AvgIpc) is 2.47. The summed E-state index contributed by atoms with van der Waals surface area (Å²) < 4.78 is 0. The smallest absolute Gasteiger partial charge is 0.227 e. The molecule has 1 aliphatic carbocycles. The van der Waals surface area contributed by atoms with Crippen molar-refractivity contribution in [2.24, 2.45) is 23.0 Å². The second-order valence-corrected chi connectivity index (χ2v) is 7.30. The molecule has 1 fully saturated rings. The van der Waals surface area contributed by atoms with E-state index in [1.54, 1.807) is 0 Å². The number of rotatable bonds is 3. The van der Waals surface area contributed by atoms with Crippen molar-refractivity contribution < 1.29 is 4.79 Å². The van der Waals surface area contributed by atoms with Crippen molar-refractivity contribution in [3.05, 3.63) is 29.8 Å². The summed E-state index contributed by atoms with van der Waals surface area (Å²) in [6, 6.07) is 7.79. The Morgan fingerprint density at radius 3 is 2.19 bits per heavy atom. The SMILES string of the molecule is CC(C)(C)C1CCC(C(=O)Nc2ccc(CN)cc2)CC1. The van der Waals surface area contributed by atoms with Crippen molar-refractivity contribution in [2.45, 2.75) is 53.0 Å². The van der Waals surface area contributed by atoms with Crippen molar-refractivity contribution in [1.82, 2.24) is 0 Å². The van der Waals surface area contributed by atoms with Crippen LogP contribution in [0, 0.1) is 17.3 Å². The maximum Gasteiger partial charge on any atom is 0.227 e. The minimum absolute atomic E-state index is 0.165. The van der Waals surface area contributed by atoms with Gasteiger partial charge in [0.05, 0.1) is 0 Å². The highest BCUT2D eigenvalue weighted by molar-refractivity contribution is 5.92. The Kier molecular flexibility index (Phi) is 5.04. The van der Waals surface area contributed by atoms with Gasteiger partial charge in [0.15, 0.2) is 0 Å². The van der Waals surface area contributed by atoms with E-state index >= 15 is 0 Å². The van der Waals surface area contributed by atoms with Gasteiger partial charge >= 0.3 is 0 Å². The minimum atomic E-state index is 0.165. The van der Waals surface area contributed by atoms with Crippen molar-refractivity contribution >= 4 is 11.6 Å². The molecule has 0 aliphatic heterocycles. The molecule has 2 rings (SSSR count). The van der Waals surface area contributed by atoms with Crippen LogP contribution < -0.4 is 11.1 Å². The third kappa shape index (κ3) is 4.31. The van der Waals surface area contributed by atoms with Crippen molar-refractivity contribution in [1.29, 1.82) is 0 Å². The van der Waals surface area contributed by atoms with Crippen LogP contribution in [-0.4, -0.2) is 5.91 Å². The predicted molar refractivity (Wildman–Crippen MR) is 87.9 cm³/mol. The Morgan fingerprint density at radius 2 is 1.71 bits per heavy atom. The van der Waals surface area contributed by atoms with E-state index in [0.717, 1.165) is 42.9 Å². The van der Waals surface area contributed by atoms with Gasteiger partial charge in [0, 0.05) is 18.2 Å². The standard InChI is InChI=1S/C18H28N2O/c1-18(2,3)15-8-6-14(7-9-15)17(21)20-16-10-4-13(12-19)5-11-16/h4-5,10-11,14-15H,6-9,12,19H2,1-3H3,(H,20,21). The van der Waals surface area contributed by atoms with Gasteiger partial charge in [-0.15, -0.1) is 0 Å². The quantitative estimate of drug-likeness (QED) is 0.885. The van der Waals surface area contributed by atoms with Gasteiger partial charge in [-0.05, 0) is 54.7 Å². The van der Waals surface area contributed by atoms with Crippen LogP contribution in [0.1, 0.15) is 52.0 Å². The van der Waals surface area contributed by atoms with Gasteiger partial charge in [-0.3, -0.25) is 4.79 Å². The van der Waals surface area contributed by atoms with E-state index in [0.29, 0.717) is 12.0 Å². The van der Waals surface area contributed by atoms with Crippen LogP contribution in [0.5, 0.6) is 0 Å². The molecule has 0 spiro atoms. The summed E-state index contributed by atoms with van der Waals surface area (Å²) in [5.74, 6) is 1.08. The second kappa shape index (κ2) is 6.61. The van der Waals surface area contributed by atoms with E-state index in [2.05, 4.69) is 26.1 Å². The van der Waals surface area contributed by atoms with E-state index in [1.807, 2.05) is 24.3 Å². The minimum Gasteiger partial charge on any atom is -0.326 e. The zero-order chi connectivity index (χ0) is 15.5. The number of carbonyl (C=O) groups excluding carboxylic acids is 1. The molecule has 0 radical (unpaired) electrons. The summed E-state index contributed by atoms with van der Waals surface area (Å²) in [7, 11) is 0. The van der Waals surface area contributed by atoms with Crippen LogP contribution in [0.3, 0.4) is 0 Å². The molecule has 1 amide bonds. The summed E-state index contributed by atoms with van der Waals surface area (Å²) in [4.78, 5) is 12.3. The van der Waals surface area contributed by atoms with Crippen LogP contribution >= 0.6 is 0 Å². The number of hydrogen-bond donors (Lipinski definition) is 2. The molecule has 3 nitrogen and oxygen atoms in total.